The number of allylic oxidation sites excluding steroid dienone is 3. The fourth-order valence-corrected chi connectivity index (χ4v) is 1.83. The van der Waals surface area contributed by atoms with Gasteiger partial charge in [-0.25, -0.2) is 0 Å². The topological polar surface area (TPSA) is 3.24 Å². The highest BCUT2D eigenvalue weighted by molar-refractivity contribution is 5.58. The van der Waals surface area contributed by atoms with Crippen molar-refractivity contribution in [2.24, 2.45) is 0 Å². The van der Waals surface area contributed by atoms with Crippen molar-refractivity contribution in [3.63, 3.8) is 0 Å². The molecule has 82 valence electrons. The SMILES string of the molecule is C=Cc1ccc(N(C)C2=CCCC=C2)cc1. The monoisotopic (exact) mass is 211 g/mol. The Morgan fingerprint density at radius 2 is 1.94 bits per heavy atom. The van der Waals surface area contributed by atoms with Crippen molar-refractivity contribution in [2.75, 3.05) is 11.9 Å². The van der Waals surface area contributed by atoms with Gasteiger partial charge >= 0.3 is 0 Å². The Labute approximate surface area is 97.4 Å². The molecule has 16 heavy (non-hydrogen) atoms. The van der Waals surface area contributed by atoms with E-state index < -0.39 is 0 Å². The second-order valence-corrected chi connectivity index (χ2v) is 3.96. The smallest absolute Gasteiger partial charge is 0.0408 e. The van der Waals surface area contributed by atoms with E-state index in [1.165, 1.54) is 11.4 Å². The fraction of sp³-hybridized carbons (Fsp3) is 0.200. The number of nitrogens with zero attached hydrogens (tertiary/aromatic N) is 1. The summed E-state index contributed by atoms with van der Waals surface area (Å²) in [5.41, 5.74) is 3.64. The van der Waals surface area contributed by atoms with Gasteiger partial charge in [-0.05, 0) is 36.6 Å². The molecule has 1 aromatic carbocycles. The van der Waals surface area contributed by atoms with Gasteiger partial charge in [0.05, 0.1) is 0 Å². The molecule has 0 aromatic heterocycles. The molecular formula is C15H17N. The number of hydrogen-bond donors (Lipinski definition) is 0. The highest BCUT2D eigenvalue weighted by Crippen LogP contribution is 2.21. The molecule has 0 N–H and O–H groups in total. The van der Waals surface area contributed by atoms with Gasteiger partial charge in [0, 0.05) is 18.4 Å². The first kappa shape index (κ1) is 10.7. The van der Waals surface area contributed by atoms with Crippen molar-refractivity contribution in [1.29, 1.82) is 0 Å². The molecule has 0 amide bonds. The molecule has 0 fully saturated rings. The third kappa shape index (κ3) is 2.25. The van der Waals surface area contributed by atoms with E-state index in [9.17, 15) is 0 Å². The van der Waals surface area contributed by atoms with Crippen LogP contribution in [0.25, 0.3) is 6.08 Å². The van der Waals surface area contributed by atoms with Crippen molar-refractivity contribution in [2.45, 2.75) is 12.8 Å². The Bertz CT molecular complexity index is 423. The number of benzene rings is 1. The molecule has 0 radical (unpaired) electrons. The van der Waals surface area contributed by atoms with Gasteiger partial charge in [0.25, 0.3) is 0 Å². The summed E-state index contributed by atoms with van der Waals surface area (Å²) in [6, 6.07) is 8.43. The molecule has 1 aliphatic carbocycles. The normalized spacial score (nSPS) is 14.4. The van der Waals surface area contributed by atoms with Crippen LogP contribution in [0, 0.1) is 0 Å². The largest absolute Gasteiger partial charge is 0.345 e. The molecule has 0 saturated carbocycles. The first-order chi connectivity index (χ1) is 7.81. The minimum Gasteiger partial charge on any atom is -0.345 e. The molecular weight excluding hydrogens is 194 g/mol. The average Bonchev–Trinajstić information content (AvgIpc) is 2.39. The van der Waals surface area contributed by atoms with E-state index in [0.29, 0.717) is 0 Å². The summed E-state index contributed by atoms with van der Waals surface area (Å²) >= 11 is 0. The number of likely N-dealkylation sites (N-methyl/N-ethyl adjacent to an activating group) is 1. The molecule has 2 rings (SSSR count). The van der Waals surface area contributed by atoms with E-state index in [1.807, 2.05) is 6.08 Å². The van der Waals surface area contributed by atoms with E-state index >= 15 is 0 Å². The maximum atomic E-state index is 3.76. The zero-order valence-corrected chi connectivity index (χ0v) is 9.69. The van der Waals surface area contributed by atoms with Crippen molar-refractivity contribution in [3.8, 4) is 0 Å². The highest BCUT2D eigenvalue weighted by atomic mass is 15.1. The van der Waals surface area contributed by atoms with Crippen LogP contribution in [0.4, 0.5) is 5.69 Å². The lowest BCUT2D eigenvalue weighted by Gasteiger charge is -2.22. The van der Waals surface area contributed by atoms with E-state index in [2.05, 4.69) is 61.0 Å². The van der Waals surface area contributed by atoms with Gasteiger partial charge in [-0.3, -0.25) is 0 Å². The van der Waals surface area contributed by atoms with Crippen LogP contribution in [-0.4, -0.2) is 7.05 Å². The van der Waals surface area contributed by atoms with Crippen LogP contribution in [0.1, 0.15) is 18.4 Å². The Hall–Kier alpha value is -1.76. The molecule has 0 unspecified atom stereocenters. The summed E-state index contributed by atoms with van der Waals surface area (Å²) in [7, 11) is 2.10. The quantitative estimate of drug-likeness (QED) is 0.730. The predicted molar refractivity (Wildman–Crippen MR) is 71.4 cm³/mol. The molecule has 0 bridgehead atoms. The lowest BCUT2D eigenvalue weighted by Crippen LogP contribution is -2.15. The fourth-order valence-electron chi connectivity index (χ4n) is 1.83. The highest BCUT2D eigenvalue weighted by Gasteiger charge is 2.05. The van der Waals surface area contributed by atoms with Crippen molar-refractivity contribution in [1.82, 2.24) is 0 Å². The third-order valence-electron chi connectivity index (χ3n) is 2.88. The van der Waals surface area contributed by atoms with Crippen LogP contribution in [0.3, 0.4) is 0 Å². The average molecular weight is 211 g/mol. The summed E-state index contributed by atoms with van der Waals surface area (Å²) < 4.78 is 0. The summed E-state index contributed by atoms with van der Waals surface area (Å²) in [6.45, 7) is 3.76. The predicted octanol–water partition coefficient (Wildman–Crippen LogP) is 4.00. The van der Waals surface area contributed by atoms with Gasteiger partial charge in [0.1, 0.15) is 0 Å². The third-order valence-corrected chi connectivity index (χ3v) is 2.88. The molecule has 0 spiro atoms. The molecule has 1 aromatic rings. The van der Waals surface area contributed by atoms with E-state index in [1.54, 1.807) is 0 Å². The Morgan fingerprint density at radius 1 is 1.19 bits per heavy atom. The van der Waals surface area contributed by atoms with Crippen LogP contribution in [0.5, 0.6) is 0 Å². The van der Waals surface area contributed by atoms with Crippen molar-refractivity contribution >= 4 is 11.8 Å². The zero-order chi connectivity index (χ0) is 11.4. The van der Waals surface area contributed by atoms with Gasteiger partial charge in [0.15, 0.2) is 0 Å². The van der Waals surface area contributed by atoms with Crippen LogP contribution in [-0.2, 0) is 0 Å². The van der Waals surface area contributed by atoms with Crippen LogP contribution in [0.2, 0.25) is 0 Å². The maximum absolute atomic E-state index is 3.76. The summed E-state index contributed by atoms with van der Waals surface area (Å²) in [5, 5.41) is 0. The van der Waals surface area contributed by atoms with Crippen LogP contribution in [0.15, 0.2) is 54.8 Å². The Morgan fingerprint density at radius 3 is 2.50 bits per heavy atom. The maximum Gasteiger partial charge on any atom is 0.0408 e. The summed E-state index contributed by atoms with van der Waals surface area (Å²) in [5.74, 6) is 0. The molecule has 1 heteroatoms. The van der Waals surface area contributed by atoms with E-state index in [0.717, 1.165) is 18.4 Å². The van der Waals surface area contributed by atoms with Gasteiger partial charge in [0.2, 0.25) is 0 Å². The molecule has 0 aliphatic heterocycles. The van der Waals surface area contributed by atoms with E-state index in [-0.39, 0.29) is 0 Å². The minimum absolute atomic E-state index is 1.14. The van der Waals surface area contributed by atoms with Gasteiger partial charge < -0.3 is 4.90 Å². The van der Waals surface area contributed by atoms with Crippen LogP contribution < -0.4 is 4.90 Å². The molecule has 0 heterocycles. The second kappa shape index (κ2) is 4.84. The van der Waals surface area contributed by atoms with Gasteiger partial charge in [-0.15, -0.1) is 0 Å². The van der Waals surface area contributed by atoms with Gasteiger partial charge in [-0.2, -0.15) is 0 Å². The molecule has 0 saturated heterocycles. The molecule has 1 aliphatic rings. The van der Waals surface area contributed by atoms with E-state index in [4.69, 9.17) is 0 Å². The van der Waals surface area contributed by atoms with Crippen molar-refractivity contribution < 1.29 is 0 Å². The zero-order valence-electron chi connectivity index (χ0n) is 9.69. The van der Waals surface area contributed by atoms with Crippen LogP contribution >= 0.6 is 0 Å². The Balaban J connectivity index is 2.19. The molecule has 1 nitrogen and oxygen atoms in total. The number of hydrogen-bond acceptors (Lipinski definition) is 1. The summed E-state index contributed by atoms with van der Waals surface area (Å²) in [4.78, 5) is 2.21. The number of anilines is 1. The lowest BCUT2D eigenvalue weighted by molar-refractivity contribution is 0.984. The molecule has 0 atom stereocenters. The minimum atomic E-state index is 1.14. The van der Waals surface area contributed by atoms with Crippen molar-refractivity contribution in [3.05, 3.63) is 60.3 Å². The Kier molecular flexibility index (Phi) is 3.25. The summed E-state index contributed by atoms with van der Waals surface area (Å²) in [6.07, 6.45) is 10.9. The second-order valence-electron chi connectivity index (χ2n) is 3.96. The first-order valence-corrected chi connectivity index (χ1v) is 5.64. The standard InChI is InChI=1S/C15H17N/c1-3-13-9-11-15(12-10-13)16(2)14-7-5-4-6-8-14/h3,5,7-12H,1,4,6H2,2H3. The lowest BCUT2D eigenvalue weighted by atomic mass is 10.1. The number of rotatable bonds is 3. The van der Waals surface area contributed by atoms with Gasteiger partial charge in [-0.1, -0.05) is 36.9 Å². The first-order valence-electron chi connectivity index (χ1n) is 5.64.